The second-order valence-electron chi connectivity index (χ2n) is 5.71. The molecule has 4 heteroatoms. The molecule has 2 N–H and O–H groups in total. The molecule has 0 aromatic heterocycles. The van der Waals surface area contributed by atoms with Gasteiger partial charge < -0.3 is 15.2 Å². The van der Waals surface area contributed by atoms with Crippen molar-refractivity contribution >= 4 is 0 Å². The smallest absolute Gasteiger partial charge is 0.0952 e. The van der Waals surface area contributed by atoms with Crippen molar-refractivity contribution in [2.45, 2.75) is 58.6 Å². The second kappa shape index (κ2) is 9.70. The Balaban J connectivity index is 2.15. The van der Waals surface area contributed by atoms with E-state index < -0.39 is 0 Å². The maximum Gasteiger partial charge on any atom is 0.0952 e. The van der Waals surface area contributed by atoms with Crippen molar-refractivity contribution in [1.82, 2.24) is 4.90 Å². The predicted molar refractivity (Wildman–Crippen MR) is 79.1 cm³/mol. The molecule has 114 valence electrons. The molecule has 19 heavy (non-hydrogen) atoms. The molecule has 1 rings (SSSR count). The van der Waals surface area contributed by atoms with Crippen molar-refractivity contribution in [3.8, 4) is 0 Å². The number of nitrogens with zero attached hydrogens (tertiary/aromatic N) is 1. The molecule has 0 bridgehead atoms. The van der Waals surface area contributed by atoms with Crippen molar-refractivity contribution < 1.29 is 9.47 Å². The standard InChI is InChI=1S/C15H32N2O2/c1-4-6-7-14(5-2)10-18-11-15(19-12-16)9-17-8-13(17)3/h13-15H,4-12,16H2,1-3H3. The van der Waals surface area contributed by atoms with Gasteiger partial charge in [0.15, 0.2) is 0 Å². The molecule has 0 radical (unpaired) electrons. The number of rotatable bonds is 12. The largest absolute Gasteiger partial charge is 0.378 e. The van der Waals surface area contributed by atoms with Crippen molar-refractivity contribution in [2.75, 3.05) is 33.0 Å². The number of hydrogen-bond donors (Lipinski definition) is 1. The maximum atomic E-state index is 5.86. The Labute approximate surface area is 118 Å². The summed E-state index contributed by atoms with van der Waals surface area (Å²) < 4.78 is 11.4. The van der Waals surface area contributed by atoms with E-state index in [0.717, 1.165) is 13.2 Å². The van der Waals surface area contributed by atoms with Crippen LogP contribution in [0, 0.1) is 5.92 Å². The number of ether oxygens (including phenoxy) is 2. The Bertz CT molecular complexity index is 226. The van der Waals surface area contributed by atoms with Crippen LogP contribution in [0.15, 0.2) is 0 Å². The Morgan fingerprint density at radius 1 is 1.32 bits per heavy atom. The molecule has 0 aromatic carbocycles. The van der Waals surface area contributed by atoms with Gasteiger partial charge in [0.2, 0.25) is 0 Å². The molecule has 1 saturated heterocycles. The zero-order chi connectivity index (χ0) is 14.1. The summed E-state index contributed by atoms with van der Waals surface area (Å²) in [4.78, 5) is 2.39. The van der Waals surface area contributed by atoms with Gasteiger partial charge in [0.05, 0.1) is 19.4 Å². The van der Waals surface area contributed by atoms with Crippen LogP contribution < -0.4 is 5.73 Å². The first-order chi connectivity index (χ1) is 9.21. The van der Waals surface area contributed by atoms with E-state index in [1.807, 2.05) is 0 Å². The molecule has 1 aliphatic heterocycles. The summed E-state index contributed by atoms with van der Waals surface area (Å²) in [7, 11) is 0. The lowest BCUT2D eigenvalue weighted by atomic mass is 10.0. The summed E-state index contributed by atoms with van der Waals surface area (Å²) in [6.07, 6.45) is 5.17. The first-order valence-corrected chi connectivity index (χ1v) is 7.84. The van der Waals surface area contributed by atoms with Crippen molar-refractivity contribution in [3.63, 3.8) is 0 Å². The first kappa shape index (κ1) is 16.9. The first-order valence-electron chi connectivity index (χ1n) is 7.84. The fourth-order valence-electron chi connectivity index (χ4n) is 2.36. The van der Waals surface area contributed by atoms with Gasteiger partial charge in [-0.2, -0.15) is 0 Å². The number of hydrogen-bond acceptors (Lipinski definition) is 4. The third-order valence-corrected chi connectivity index (χ3v) is 3.96. The molecule has 4 nitrogen and oxygen atoms in total. The second-order valence-corrected chi connectivity index (χ2v) is 5.71. The van der Waals surface area contributed by atoms with Gasteiger partial charge in [-0.3, -0.25) is 4.90 Å². The quantitative estimate of drug-likeness (QED) is 0.437. The van der Waals surface area contributed by atoms with Crippen LogP contribution in [0.5, 0.6) is 0 Å². The number of nitrogens with two attached hydrogens (primary N) is 1. The summed E-state index contributed by atoms with van der Waals surface area (Å²) in [6.45, 7) is 10.7. The minimum Gasteiger partial charge on any atom is -0.378 e. The highest BCUT2D eigenvalue weighted by molar-refractivity contribution is 4.86. The minimum atomic E-state index is 0.124. The van der Waals surface area contributed by atoms with Crippen LogP contribution in [0.3, 0.4) is 0 Å². The van der Waals surface area contributed by atoms with Gasteiger partial charge in [-0.25, -0.2) is 0 Å². The zero-order valence-corrected chi connectivity index (χ0v) is 12.9. The lowest BCUT2D eigenvalue weighted by Crippen LogP contribution is -2.31. The molecular weight excluding hydrogens is 240 g/mol. The molecule has 0 spiro atoms. The molecule has 1 heterocycles. The van der Waals surface area contributed by atoms with E-state index in [9.17, 15) is 0 Å². The van der Waals surface area contributed by atoms with Crippen LogP contribution in [0.25, 0.3) is 0 Å². The van der Waals surface area contributed by atoms with Crippen LogP contribution in [0.4, 0.5) is 0 Å². The summed E-state index contributed by atoms with van der Waals surface area (Å²) in [6, 6.07) is 0.705. The highest BCUT2D eigenvalue weighted by atomic mass is 16.5. The van der Waals surface area contributed by atoms with Gasteiger partial charge in [-0.1, -0.05) is 33.1 Å². The van der Waals surface area contributed by atoms with E-state index in [1.54, 1.807) is 0 Å². The lowest BCUT2D eigenvalue weighted by Gasteiger charge is -2.20. The fraction of sp³-hybridized carbons (Fsp3) is 1.00. The van der Waals surface area contributed by atoms with Crippen LogP contribution in [-0.4, -0.2) is 50.1 Å². The summed E-state index contributed by atoms with van der Waals surface area (Å²) in [5.74, 6) is 0.693. The van der Waals surface area contributed by atoms with Gasteiger partial charge in [0.1, 0.15) is 0 Å². The van der Waals surface area contributed by atoms with Crippen LogP contribution in [0.2, 0.25) is 0 Å². The van der Waals surface area contributed by atoms with E-state index in [4.69, 9.17) is 15.2 Å². The monoisotopic (exact) mass is 272 g/mol. The van der Waals surface area contributed by atoms with Crippen molar-refractivity contribution in [2.24, 2.45) is 11.7 Å². The normalized spacial score (nSPS) is 25.3. The third kappa shape index (κ3) is 7.25. The molecule has 0 amide bonds. The zero-order valence-electron chi connectivity index (χ0n) is 12.9. The molecule has 0 aliphatic carbocycles. The molecular formula is C15H32N2O2. The minimum absolute atomic E-state index is 0.124. The van der Waals surface area contributed by atoms with Crippen molar-refractivity contribution in [3.05, 3.63) is 0 Å². The molecule has 0 saturated carbocycles. The average molecular weight is 272 g/mol. The summed E-state index contributed by atoms with van der Waals surface area (Å²) in [5, 5.41) is 0. The maximum absolute atomic E-state index is 5.86. The summed E-state index contributed by atoms with van der Waals surface area (Å²) in [5.41, 5.74) is 5.49. The van der Waals surface area contributed by atoms with Gasteiger partial charge >= 0.3 is 0 Å². The van der Waals surface area contributed by atoms with Gasteiger partial charge in [-0.05, 0) is 19.3 Å². The average Bonchev–Trinajstić information content (AvgIpc) is 3.09. The van der Waals surface area contributed by atoms with Crippen molar-refractivity contribution in [1.29, 1.82) is 0 Å². The van der Waals surface area contributed by atoms with Crippen LogP contribution in [0.1, 0.15) is 46.5 Å². The summed E-state index contributed by atoms with van der Waals surface area (Å²) >= 11 is 0. The van der Waals surface area contributed by atoms with E-state index in [2.05, 4.69) is 25.7 Å². The van der Waals surface area contributed by atoms with Gasteiger partial charge in [0, 0.05) is 25.7 Å². The van der Waals surface area contributed by atoms with Gasteiger partial charge in [-0.15, -0.1) is 0 Å². The Kier molecular flexibility index (Phi) is 8.62. The topological polar surface area (TPSA) is 47.5 Å². The Hall–Kier alpha value is -0.160. The highest BCUT2D eigenvalue weighted by Crippen LogP contribution is 2.17. The Morgan fingerprint density at radius 3 is 2.58 bits per heavy atom. The van der Waals surface area contributed by atoms with Crippen LogP contribution >= 0.6 is 0 Å². The van der Waals surface area contributed by atoms with Gasteiger partial charge in [0.25, 0.3) is 0 Å². The van der Waals surface area contributed by atoms with E-state index in [-0.39, 0.29) is 12.8 Å². The molecule has 4 unspecified atom stereocenters. The lowest BCUT2D eigenvalue weighted by molar-refractivity contribution is -0.0292. The van der Waals surface area contributed by atoms with E-state index >= 15 is 0 Å². The molecule has 4 atom stereocenters. The number of unbranched alkanes of at least 4 members (excludes halogenated alkanes) is 1. The molecule has 0 aromatic rings. The van der Waals surface area contributed by atoms with E-state index in [1.165, 1.54) is 32.2 Å². The third-order valence-electron chi connectivity index (χ3n) is 3.96. The van der Waals surface area contributed by atoms with Crippen LogP contribution in [-0.2, 0) is 9.47 Å². The Morgan fingerprint density at radius 2 is 2.05 bits per heavy atom. The highest BCUT2D eigenvalue weighted by Gasteiger charge is 2.31. The molecule has 1 aliphatic rings. The predicted octanol–water partition coefficient (Wildman–Crippen LogP) is 2.22. The van der Waals surface area contributed by atoms with E-state index in [0.29, 0.717) is 18.6 Å². The molecule has 1 fully saturated rings. The fourth-order valence-corrected chi connectivity index (χ4v) is 2.36. The SMILES string of the molecule is CCCCC(CC)COCC(CN1CC1C)OCN.